The number of fused-ring (bicyclic) bond motifs is 5. The van der Waals surface area contributed by atoms with Gasteiger partial charge in [-0.15, -0.1) is 0 Å². The van der Waals surface area contributed by atoms with Gasteiger partial charge in [-0.3, -0.25) is 9.59 Å². The number of aliphatic carboxylic acids is 1. The second-order valence-corrected chi connectivity index (χ2v) is 15.8. The molecule has 1 saturated heterocycles. The first-order valence-electron chi connectivity index (χ1n) is 17.7. The topological polar surface area (TPSA) is 79.3 Å². The van der Waals surface area contributed by atoms with E-state index in [1.807, 2.05) is 50.8 Å². The van der Waals surface area contributed by atoms with Crippen molar-refractivity contribution < 1.29 is 24.2 Å². The molecule has 51 heavy (non-hydrogen) atoms. The Labute approximate surface area is 307 Å². The van der Waals surface area contributed by atoms with Crippen LogP contribution in [-0.4, -0.2) is 60.5 Å². The van der Waals surface area contributed by atoms with Gasteiger partial charge in [-0.2, -0.15) is 0 Å². The van der Waals surface area contributed by atoms with E-state index < -0.39 is 5.97 Å². The van der Waals surface area contributed by atoms with E-state index in [9.17, 15) is 14.7 Å². The zero-order valence-electron chi connectivity index (χ0n) is 31.2. The number of carboxylic acids is 1. The lowest BCUT2D eigenvalue weighted by atomic mass is 9.74. The Morgan fingerprint density at radius 1 is 0.941 bits per heavy atom. The maximum atomic E-state index is 14.0. The van der Waals surface area contributed by atoms with Crippen molar-refractivity contribution >= 4 is 29.5 Å². The number of rotatable bonds is 5. The smallest absolute Gasteiger partial charge is 0.307 e. The number of hydrogen-bond donors (Lipinski definition) is 1. The SMILES string of the molecule is COC(C)(C)C.CSN1Cc2ccc(C(=O)N3CCC4(CC3)COc3ccccc34)cc2-c2c(C)c(-c3ccc(C)cc3)c(CC(=O)O)c(C)c21. The molecule has 1 spiro atoms. The van der Waals surface area contributed by atoms with Crippen molar-refractivity contribution in [2.45, 2.75) is 78.4 Å². The molecule has 0 bridgehead atoms. The van der Waals surface area contributed by atoms with Crippen LogP contribution in [-0.2, 0) is 27.9 Å². The predicted octanol–water partition coefficient (Wildman–Crippen LogP) is 9.17. The third kappa shape index (κ3) is 7.13. The molecule has 3 heterocycles. The summed E-state index contributed by atoms with van der Waals surface area (Å²) in [6.45, 7) is 15.0. The summed E-state index contributed by atoms with van der Waals surface area (Å²) in [6.07, 6.45) is 3.78. The molecule has 4 aromatic carbocycles. The molecule has 0 aliphatic carbocycles. The predicted molar refractivity (Wildman–Crippen MR) is 208 cm³/mol. The van der Waals surface area contributed by atoms with Crippen LogP contribution in [0.4, 0.5) is 5.69 Å². The summed E-state index contributed by atoms with van der Waals surface area (Å²) in [4.78, 5) is 28.2. The second kappa shape index (κ2) is 14.4. The third-order valence-electron chi connectivity index (χ3n) is 10.8. The molecule has 8 heteroatoms. The number of likely N-dealkylation sites (tertiary alicyclic amines) is 1. The summed E-state index contributed by atoms with van der Waals surface area (Å²) in [5, 5.41) is 9.95. The fourth-order valence-corrected chi connectivity index (χ4v) is 8.38. The second-order valence-electron chi connectivity index (χ2n) is 15.0. The van der Waals surface area contributed by atoms with Crippen molar-refractivity contribution in [2.75, 3.05) is 37.4 Å². The highest BCUT2D eigenvalue weighted by Crippen LogP contribution is 2.51. The minimum absolute atomic E-state index is 0.0158. The molecule has 3 aliphatic heterocycles. The van der Waals surface area contributed by atoms with E-state index in [1.54, 1.807) is 19.1 Å². The van der Waals surface area contributed by atoms with Gasteiger partial charge in [0, 0.05) is 48.6 Å². The fourth-order valence-electron chi connectivity index (χ4n) is 7.70. The summed E-state index contributed by atoms with van der Waals surface area (Å²) in [7, 11) is 1.71. The largest absolute Gasteiger partial charge is 0.492 e. The number of carbonyl (C=O) groups is 2. The van der Waals surface area contributed by atoms with Gasteiger partial charge in [0.1, 0.15) is 5.75 Å². The number of methoxy groups -OCH3 is 1. The van der Waals surface area contributed by atoms with Gasteiger partial charge in [-0.1, -0.05) is 66.0 Å². The number of aryl methyl sites for hydroxylation is 1. The number of carbonyl (C=O) groups excluding carboxylic acids is 1. The molecule has 0 unspecified atom stereocenters. The molecule has 1 N–H and O–H groups in total. The van der Waals surface area contributed by atoms with Crippen LogP contribution in [0, 0.1) is 20.8 Å². The van der Waals surface area contributed by atoms with Crippen molar-refractivity contribution in [2.24, 2.45) is 0 Å². The molecule has 268 valence electrons. The van der Waals surface area contributed by atoms with Crippen LogP contribution in [0.25, 0.3) is 22.3 Å². The van der Waals surface area contributed by atoms with Crippen LogP contribution in [0.1, 0.15) is 77.4 Å². The molecule has 7 rings (SSSR count). The van der Waals surface area contributed by atoms with E-state index in [2.05, 4.69) is 72.9 Å². The van der Waals surface area contributed by atoms with E-state index in [4.69, 9.17) is 9.47 Å². The molecule has 0 atom stereocenters. The minimum atomic E-state index is -0.846. The Hall–Kier alpha value is -4.27. The van der Waals surface area contributed by atoms with Crippen molar-refractivity contribution in [3.63, 3.8) is 0 Å². The van der Waals surface area contributed by atoms with Crippen LogP contribution in [0.2, 0.25) is 0 Å². The Balaban J connectivity index is 0.000000689. The van der Waals surface area contributed by atoms with Crippen LogP contribution in [0.3, 0.4) is 0 Å². The van der Waals surface area contributed by atoms with Crippen LogP contribution >= 0.6 is 11.9 Å². The summed E-state index contributed by atoms with van der Waals surface area (Å²) in [5.41, 5.74) is 12.3. The number of ether oxygens (including phenoxy) is 2. The number of amides is 1. The molecule has 0 radical (unpaired) electrons. The number of para-hydroxylation sites is 1. The zero-order valence-corrected chi connectivity index (χ0v) is 32.0. The summed E-state index contributed by atoms with van der Waals surface area (Å²) in [6, 6.07) is 22.8. The zero-order chi connectivity index (χ0) is 36.7. The average molecular weight is 707 g/mol. The summed E-state index contributed by atoms with van der Waals surface area (Å²) < 4.78 is 13.2. The third-order valence-corrected chi connectivity index (χ3v) is 11.5. The lowest BCUT2D eigenvalue weighted by molar-refractivity contribution is -0.136. The van der Waals surface area contributed by atoms with Crippen molar-refractivity contribution in [1.29, 1.82) is 0 Å². The standard InChI is InChI=1S/C38H38N2O4S.C5H12O/c1-23-9-11-26(12-10-23)34-25(3)35-30-19-27(13-14-28(30)21-40(45-4)36(35)24(2)29(34)20-33(41)42)37(43)39-17-15-38(16-18-39)22-44-32-8-6-5-7-31(32)38;1-5(2,3)6-4/h5-14,19H,15-18,20-22H2,1-4H3,(H,41,42);1-4H3. The number of carboxylic acid groups (broad SMARTS) is 1. The molecule has 0 saturated carbocycles. The number of hydrogen-bond acceptors (Lipinski definition) is 6. The molecule has 1 fully saturated rings. The first-order valence-corrected chi connectivity index (χ1v) is 18.9. The van der Waals surface area contributed by atoms with Gasteiger partial charge in [0.2, 0.25) is 0 Å². The Bertz CT molecular complexity index is 1950. The number of benzene rings is 4. The van der Waals surface area contributed by atoms with Gasteiger partial charge in [0.25, 0.3) is 5.91 Å². The Morgan fingerprint density at radius 2 is 1.61 bits per heavy atom. The Morgan fingerprint density at radius 3 is 2.24 bits per heavy atom. The van der Waals surface area contributed by atoms with E-state index in [0.29, 0.717) is 31.8 Å². The molecule has 3 aliphatic rings. The van der Waals surface area contributed by atoms with Crippen LogP contribution in [0.5, 0.6) is 5.75 Å². The molecule has 4 aromatic rings. The van der Waals surface area contributed by atoms with Gasteiger partial charge in [-0.25, -0.2) is 0 Å². The van der Waals surface area contributed by atoms with E-state index in [0.717, 1.165) is 74.3 Å². The lowest BCUT2D eigenvalue weighted by Gasteiger charge is -2.39. The first-order chi connectivity index (χ1) is 24.3. The van der Waals surface area contributed by atoms with Crippen LogP contribution < -0.4 is 9.04 Å². The van der Waals surface area contributed by atoms with E-state index in [-0.39, 0.29) is 23.3 Å². The highest BCUT2D eigenvalue weighted by Gasteiger charge is 2.44. The van der Waals surface area contributed by atoms with Gasteiger partial charge in [0.05, 0.1) is 30.9 Å². The number of anilines is 1. The van der Waals surface area contributed by atoms with Gasteiger partial charge >= 0.3 is 5.97 Å². The molecule has 1 amide bonds. The molecular weight excluding hydrogens is 657 g/mol. The number of piperidine rings is 1. The van der Waals surface area contributed by atoms with Gasteiger partial charge in [-0.05, 0) is 112 Å². The molecule has 0 aromatic heterocycles. The average Bonchev–Trinajstić information content (AvgIpc) is 3.47. The molecular formula is C43H50N2O5S. The van der Waals surface area contributed by atoms with Gasteiger partial charge < -0.3 is 23.8 Å². The summed E-state index contributed by atoms with van der Waals surface area (Å²) >= 11 is 1.64. The molecule has 7 nitrogen and oxygen atoms in total. The lowest BCUT2D eigenvalue weighted by Crippen LogP contribution is -2.46. The fraction of sp³-hybridized carbons (Fsp3) is 0.395. The summed E-state index contributed by atoms with van der Waals surface area (Å²) in [5.74, 6) is 0.193. The van der Waals surface area contributed by atoms with Crippen LogP contribution in [0.15, 0.2) is 66.7 Å². The van der Waals surface area contributed by atoms with Crippen molar-refractivity contribution in [3.8, 4) is 28.0 Å². The van der Waals surface area contributed by atoms with Crippen molar-refractivity contribution in [1.82, 2.24) is 4.90 Å². The minimum Gasteiger partial charge on any atom is -0.492 e. The quantitative estimate of drug-likeness (QED) is 0.207. The monoisotopic (exact) mass is 706 g/mol. The number of nitrogens with zero attached hydrogens (tertiary/aromatic N) is 2. The van der Waals surface area contributed by atoms with Gasteiger partial charge in [0.15, 0.2) is 0 Å². The first kappa shape index (κ1) is 36.5. The maximum Gasteiger partial charge on any atom is 0.307 e. The highest BCUT2D eigenvalue weighted by molar-refractivity contribution is 7.99. The highest BCUT2D eigenvalue weighted by atomic mass is 32.2. The Kier molecular flexibility index (Phi) is 10.3. The maximum absolute atomic E-state index is 14.0. The van der Waals surface area contributed by atoms with E-state index in [1.165, 1.54) is 5.56 Å². The normalized spacial score (nSPS) is 15.7. The van der Waals surface area contributed by atoms with E-state index >= 15 is 0 Å². The van der Waals surface area contributed by atoms with Crippen molar-refractivity contribution in [3.05, 3.63) is 106 Å².